The highest BCUT2D eigenvalue weighted by atomic mass is 16.2. The van der Waals surface area contributed by atoms with Gasteiger partial charge < -0.3 is 5.73 Å². The Kier molecular flexibility index (Phi) is 3.09. The Morgan fingerprint density at radius 1 is 1.41 bits per heavy atom. The van der Waals surface area contributed by atoms with Crippen molar-refractivity contribution in [3.63, 3.8) is 0 Å². The number of nitrogens with one attached hydrogen (secondary N) is 1. The molecule has 3 N–H and O–H groups in total. The molecule has 0 spiro atoms. The molecule has 0 fully saturated rings. The molecule has 17 heavy (non-hydrogen) atoms. The van der Waals surface area contributed by atoms with E-state index in [1.165, 1.54) is 4.68 Å². The fraction of sp³-hybridized carbons (Fsp3) is 0.167. The minimum Gasteiger partial charge on any atom is -0.368 e. The second-order valence-corrected chi connectivity index (χ2v) is 3.61. The van der Waals surface area contributed by atoms with Gasteiger partial charge in [0, 0.05) is 12.0 Å². The van der Waals surface area contributed by atoms with Crippen molar-refractivity contribution in [2.75, 3.05) is 11.2 Å². The number of nitrogen functional groups attached to an aromatic ring is 1. The largest absolute Gasteiger partial charge is 0.368 e. The molecule has 88 valence electrons. The predicted octanol–water partition coefficient (Wildman–Crippen LogP) is 1.61. The first kappa shape index (κ1) is 11.2. The number of rotatable bonds is 3. The minimum absolute atomic E-state index is 0.103. The molecular formula is C12H14N4O. The fourth-order valence-corrected chi connectivity index (χ4v) is 1.45. The standard InChI is InChI=1S/C12H14N4O/c1-2-11(17)15-16-8-10(14-12(16)13)9-6-4-3-5-7-9/h3-8H,2H2,1H3,(H2,13,14)(H,15,17). The van der Waals surface area contributed by atoms with E-state index < -0.39 is 0 Å². The summed E-state index contributed by atoms with van der Waals surface area (Å²) in [4.78, 5) is 15.5. The summed E-state index contributed by atoms with van der Waals surface area (Å²) in [5.41, 5.74) is 10.1. The molecule has 0 aliphatic rings. The summed E-state index contributed by atoms with van der Waals surface area (Å²) in [5, 5.41) is 0. The van der Waals surface area contributed by atoms with Gasteiger partial charge in [-0.15, -0.1) is 0 Å². The smallest absolute Gasteiger partial charge is 0.238 e. The molecule has 1 aromatic heterocycles. The Hall–Kier alpha value is -2.30. The van der Waals surface area contributed by atoms with E-state index >= 15 is 0 Å². The molecule has 5 heteroatoms. The molecule has 2 aromatic rings. The molecule has 0 saturated heterocycles. The van der Waals surface area contributed by atoms with Crippen LogP contribution in [0.2, 0.25) is 0 Å². The first-order valence-electron chi connectivity index (χ1n) is 5.41. The van der Waals surface area contributed by atoms with Gasteiger partial charge in [0.25, 0.3) is 0 Å². The third-order valence-corrected chi connectivity index (χ3v) is 2.37. The number of imidazole rings is 1. The van der Waals surface area contributed by atoms with Crippen molar-refractivity contribution in [3.8, 4) is 11.3 Å². The van der Waals surface area contributed by atoms with Crippen LogP contribution in [0.5, 0.6) is 0 Å². The first-order chi connectivity index (χ1) is 8.20. The van der Waals surface area contributed by atoms with Gasteiger partial charge in [0.05, 0.1) is 11.9 Å². The van der Waals surface area contributed by atoms with Crippen molar-refractivity contribution in [1.29, 1.82) is 0 Å². The number of aromatic nitrogens is 2. The van der Waals surface area contributed by atoms with E-state index in [-0.39, 0.29) is 11.9 Å². The van der Waals surface area contributed by atoms with Gasteiger partial charge in [-0.3, -0.25) is 10.2 Å². The Morgan fingerprint density at radius 3 is 2.76 bits per heavy atom. The van der Waals surface area contributed by atoms with Gasteiger partial charge in [-0.25, -0.2) is 9.66 Å². The number of hydrogen-bond donors (Lipinski definition) is 2. The number of nitrogens with two attached hydrogens (primary N) is 1. The normalized spacial score (nSPS) is 10.2. The minimum atomic E-state index is -0.103. The fourth-order valence-electron chi connectivity index (χ4n) is 1.45. The summed E-state index contributed by atoms with van der Waals surface area (Å²) >= 11 is 0. The van der Waals surface area contributed by atoms with E-state index in [4.69, 9.17) is 5.73 Å². The summed E-state index contributed by atoms with van der Waals surface area (Å²) in [5.74, 6) is 0.166. The van der Waals surface area contributed by atoms with E-state index in [0.29, 0.717) is 6.42 Å². The van der Waals surface area contributed by atoms with Crippen LogP contribution in [-0.2, 0) is 4.79 Å². The van der Waals surface area contributed by atoms with Crippen LogP contribution in [0.4, 0.5) is 5.95 Å². The van der Waals surface area contributed by atoms with Crippen LogP contribution in [-0.4, -0.2) is 15.6 Å². The Labute approximate surface area is 99.2 Å². The van der Waals surface area contributed by atoms with Gasteiger partial charge in [0.1, 0.15) is 0 Å². The number of amides is 1. The molecule has 0 radical (unpaired) electrons. The topological polar surface area (TPSA) is 72.9 Å². The Bertz CT molecular complexity index is 519. The van der Waals surface area contributed by atoms with E-state index in [1.807, 2.05) is 30.3 Å². The maximum absolute atomic E-state index is 11.3. The van der Waals surface area contributed by atoms with Gasteiger partial charge in [-0.1, -0.05) is 37.3 Å². The zero-order valence-corrected chi connectivity index (χ0v) is 9.55. The first-order valence-corrected chi connectivity index (χ1v) is 5.41. The molecule has 1 aromatic carbocycles. The maximum atomic E-state index is 11.3. The van der Waals surface area contributed by atoms with E-state index in [2.05, 4.69) is 10.4 Å². The molecule has 0 bridgehead atoms. The zero-order chi connectivity index (χ0) is 12.3. The van der Waals surface area contributed by atoms with Crippen LogP contribution in [0.3, 0.4) is 0 Å². The number of nitrogens with zero attached hydrogens (tertiary/aromatic N) is 2. The van der Waals surface area contributed by atoms with Crippen molar-refractivity contribution < 1.29 is 4.79 Å². The number of hydrogen-bond acceptors (Lipinski definition) is 3. The lowest BCUT2D eigenvalue weighted by molar-refractivity contribution is -0.116. The van der Waals surface area contributed by atoms with Crippen LogP contribution >= 0.6 is 0 Å². The van der Waals surface area contributed by atoms with Crippen molar-refractivity contribution in [2.45, 2.75) is 13.3 Å². The molecule has 2 rings (SSSR count). The molecule has 0 aliphatic heterocycles. The van der Waals surface area contributed by atoms with Crippen molar-refractivity contribution in [2.24, 2.45) is 0 Å². The van der Waals surface area contributed by atoms with Crippen LogP contribution in [0.25, 0.3) is 11.3 Å². The maximum Gasteiger partial charge on any atom is 0.238 e. The van der Waals surface area contributed by atoms with Crippen LogP contribution in [0, 0.1) is 0 Å². The second kappa shape index (κ2) is 4.69. The summed E-state index contributed by atoms with van der Waals surface area (Å²) in [6.45, 7) is 1.78. The number of anilines is 1. The highest BCUT2D eigenvalue weighted by Crippen LogP contribution is 2.18. The molecule has 0 atom stereocenters. The summed E-state index contributed by atoms with van der Waals surface area (Å²) in [6.07, 6.45) is 2.11. The van der Waals surface area contributed by atoms with Crippen molar-refractivity contribution in [3.05, 3.63) is 36.5 Å². The molecule has 5 nitrogen and oxygen atoms in total. The molecule has 0 unspecified atom stereocenters. The molecule has 1 heterocycles. The van der Waals surface area contributed by atoms with Crippen molar-refractivity contribution in [1.82, 2.24) is 9.66 Å². The SMILES string of the molecule is CCC(=O)Nn1cc(-c2ccccc2)nc1N. The average Bonchev–Trinajstić information content (AvgIpc) is 2.72. The van der Waals surface area contributed by atoms with E-state index in [9.17, 15) is 4.79 Å². The summed E-state index contributed by atoms with van der Waals surface area (Å²) in [7, 11) is 0. The lowest BCUT2D eigenvalue weighted by atomic mass is 10.2. The summed E-state index contributed by atoms with van der Waals surface area (Å²) in [6, 6.07) is 9.66. The van der Waals surface area contributed by atoms with Gasteiger partial charge in [-0.05, 0) is 0 Å². The molecule has 0 saturated carbocycles. The number of carbonyl (C=O) groups excluding carboxylic acids is 1. The van der Waals surface area contributed by atoms with Crippen LogP contribution in [0.1, 0.15) is 13.3 Å². The van der Waals surface area contributed by atoms with Gasteiger partial charge in [-0.2, -0.15) is 0 Å². The number of carbonyl (C=O) groups is 1. The highest BCUT2D eigenvalue weighted by Gasteiger charge is 2.08. The lowest BCUT2D eigenvalue weighted by Crippen LogP contribution is -2.22. The monoisotopic (exact) mass is 230 g/mol. The number of benzene rings is 1. The van der Waals surface area contributed by atoms with Gasteiger partial charge >= 0.3 is 0 Å². The van der Waals surface area contributed by atoms with E-state index in [1.54, 1.807) is 13.1 Å². The van der Waals surface area contributed by atoms with Crippen molar-refractivity contribution >= 4 is 11.9 Å². The molecule has 0 aliphatic carbocycles. The zero-order valence-electron chi connectivity index (χ0n) is 9.55. The third kappa shape index (κ3) is 2.44. The quantitative estimate of drug-likeness (QED) is 0.841. The highest BCUT2D eigenvalue weighted by molar-refractivity contribution is 5.83. The third-order valence-electron chi connectivity index (χ3n) is 2.37. The Morgan fingerprint density at radius 2 is 2.12 bits per heavy atom. The molecule has 1 amide bonds. The summed E-state index contributed by atoms with van der Waals surface area (Å²) < 4.78 is 1.44. The van der Waals surface area contributed by atoms with Gasteiger partial charge in [0.2, 0.25) is 11.9 Å². The van der Waals surface area contributed by atoms with E-state index in [0.717, 1.165) is 11.3 Å². The van der Waals surface area contributed by atoms with Crippen LogP contribution in [0.15, 0.2) is 36.5 Å². The predicted molar refractivity (Wildman–Crippen MR) is 66.7 cm³/mol. The van der Waals surface area contributed by atoms with Crippen LogP contribution < -0.4 is 11.2 Å². The Balaban J connectivity index is 2.28. The lowest BCUT2D eigenvalue weighted by Gasteiger charge is -2.04. The average molecular weight is 230 g/mol. The molecular weight excluding hydrogens is 216 g/mol. The second-order valence-electron chi connectivity index (χ2n) is 3.61. The van der Waals surface area contributed by atoms with Gasteiger partial charge in [0.15, 0.2) is 0 Å².